The minimum absolute atomic E-state index is 0.0926. The van der Waals surface area contributed by atoms with Crippen LogP contribution in [0.2, 0.25) is 0 Å². The first-order chi connectivity index (χ1) is 9.87. The summed E-state index contributed by atoms with van der Waals surface area (Å²) in [6.45, 7) is 5.54. The van der Waals surface area contributed by atoms with Crippen LogP contribution in [0.3, 0.4) is 0 Å². The lowest BCUT2D eigenvalue weighted by molar-refractivity contribution is 0.430. The van der Waals surface area contributed by atoms with Crippen LogP contribution in [0.25, 0.3) is 0 Å². The van der Waals surface area contributed by atoms with Crippen LogP contribution < -0.4 is 10.5 Å². The highest BCUT2D eigenvalue weighted by molar-refractivity contribution is 7.92. The van der Waals surface area contributed by atoms with Gasteiger partial charge in [-0.25, -0.2) is 13.1 Å². The van der Waals surface area contributed by atoms with Gasteiger partial charge >= 0.3 is 0 Å². The van der Waals surface area contributed by atoms with Crippen molar-refractivity contribution in [2.24, 2.45) is 0 Å². The van der Waals surface area contributed by atoms with Crippen LogP contribution >= 0.6 is 0 Å². The molecule has 0 atom stereocenters. The zero-order chi connectivity index (χ0) is 15.6. The summed E-state index contributed by atoms with van der Waals surface area (Å²) < 4.78 is 32.4. The lowest BCUT2D eigenvalue weighted by Crippen LogP contribution is -2.16. The van der Waals surface area contributed by atoms with Crippen molar-refractivity contribution in [1.82, 2.24) is 5.16 Å². The van der Waals surface area contributed by atoms with Gasteiger partial charge in [-0.1, -0.05) is 19.0 Å². The Morgan fingerprint density at radius 3 is 2.48 bits per heavy atom. The van der Waals surface area contributed by atoms with Gasteiger partial charge < -0.3 is 10.3 Å². The quantitative estimate of drug-likeness (QED) is 0.827. The van der Waals surface area contributed by atoms with Gasteiger partial charge in [0, 0.05) is 11.8 Å². The molecule has 0 saturated carbocycles. The third kappa shape index (κ3) is 3.18. The van der Waals surface area contributed by atoms with Crippen molar-refractivity contribution in [3.63, 3.8) is 0 Å². The van der Waals surface area contributed by atoms with Crippen molar-refractivity contribution in [3.8, 4) is 0 Å². The maximum absolute atomic E-state index is 12.6. The van der Waals surface area contributed by atoms with Crippen molar-refractivity contribution in [2.45, 2.75) is 38.5 Å². The Bertz CT molecular complexity index is 751. The van der Waals surface area contributed by atoms with E-state index in [-0.39, 0.29) is 10.8 Å². The molecule has 3 N–H and O–H groups in total. The first-order valence-electron chi connectivity index (χ1n) is 6.74. The van der Waals surface area contributed by atoms with E-state index in [1.165, 1.54) is 6.07 Å². The zero-order valence-corrected chi connectivity index (χ0v) is 13.1. The highest BCUT2D eigenvalue weighted by Gasteiger charge is 2.22. The molecule has 2 aromatic rings. The Balaban J connectivity index is 2.50. The minimum Gasteiger partial charge on any atom is -0.398 e. The van der Waals surface area contributed by atoms with E-state index in [1.54, 1.807) is 13.0 Å². The summed E-state index contributed by atoms with van der Waals surface area (Å²) in [5, 5.41) is 3.66. The average Bonchev–Trinajstić information content (AvgIpc) is 2.82. The van der Waals surface area contributed by atoms with E-state index >= 15 is 0 Å². The molecular formula is C14H19N3O3S. The van der Waals surface area contributed by atoms with Gasteiger partial charge in [0.1, 0.15) is 0 Å². The van der Waals surface area contributed by atoms with Crippen molar-refractivity contribution < 1.29 is 12.9 Å². The van der Waals surface area contributed by atoms with Crippen LogP contribution in [0.15, 0.2) is 27.6 Å². The molecule has 0 aliphatic carbocycles. The average molecular weight is 309 g/mol. The number of benzene rings is 1. The molecule has 0 unspecified atom stereocenters. The Labute approximate surface area is 124 Å². The molecule has 0 aliphatic rings. The summed E-state index contributed by atoms with van der Waals surface area (Å²) in [6.07, 6.45) is 1.24. The van der Waals surface area contributed by atoms with E-state index in [0.717, 1.165) is 5.56 Å². The second-order valence-electron chi connectivity index (χ2n) is 4.81. The van der Waals surface area contributed by atoms with Crippen molar-refractivity contribution in [1.29, 1.82) is 0 Å². The lowest BCUT2D eigenvalue weighted by atomic mass is 10.1. The van der Waals surface area contributed by atoms with Crippen molar-refractivity contribution in [2.75, 3.05) is 10.5 Å². The topological polar surface area (TPSA) is 98.2 Å². The molecule has 1 aromatic carbocycles. The van der Waals surface area contributed by atoms with Gasteiger partial charge in [-0.05, 0) is 43.0 Å². The molecule has 2 rings (SSSR count). The molecule has 6 nitrogen and oxygen atoms in total. The molecule has 21 heavy (non-hydrogen) atoms. The monoisotopic (exact) mass is 309 g/mol. The number of nitrogen functional groups attached to an aromatic ring is 1. The standard InChI is InChI=1S/C14H19N3O3S/c1-4-10-7-12(15)11(5-2)13(8-10)21(18,19)17-14-6-9(3)16-20-14/h6-8,17H,4-5,15H2,1-3H3. The smallest absolute Gasteiger partial charge is 0.264 e. The van der Waals surface area contributed by atoms with Crippen molar-refractivity contribution in [3.05, 3.63) is 35.0 Å². The fourth-order valence-electron chi connectivity index (χ4n) is 2.15. The van der Waals surface area contributed by atoms with Gasteiger partial charge in [0.25, 0.3) is 10.0 Å². The predicted molar refractivity (Wildman–Crippen MR) is 81.7 cm³/mol. The van der Waals surface area contributed by atoms with Gasteiger partial charge in [-0.15, -0.1) is 0 Å². The number of anilines is 2. The first kappa shape index (κ1) is 15.4. The molecular weight excluding hydrogens is 290 g/mol. The molecule has 0 fully saturated rings. The molecule has 0 saturated heterocycles. The number of hydrogen-bond donors (Lipinski definition) is 2. The molecule has 0 aliphatic heterocycles. The van der Waals surface area contributed by atoms with Gasteiger partial charge in [-0.3, -0.25) is 0 Å². The normalized spacial score (nSPS) is 11.6. The van der Waals surface area contributed by atoms with E-state index in [9.17, 15) is 8.42 Å². The van der Waals surface area contributed by atoms with Crippen molar-refractivity contribution >= 4 is 21.6 Å². The van der Waals surface area contributed by atoms with Crippen LogP contribution in [-0.4, -0.2) is 13.6 Å². The molecule has 0 bridgehead atoms. The van der Waals surface area contributed by atoms with E-state index in [2.05, 4.69) is 9.88 Å². The molecule has 0 spiro atoms. The maximum atomic E-state index is 12.6. The summed E-state index contributed by atoms with van der Waals surface area (Å²) in [4.78, 5) is 0.191. The summed E-state index contributed by atoms with van der Waals surface area (Å²) in [5.74, 6) is 0.0926. The molecule has 1 aromatic heterocycles. The Kier molecular flexibility index (Phi) is 4.22. The number of nitrogens with zero attached hydrogens (tertiary/aromatic N) is 1. The summed E-state index contributed by atoms with van der Waals surface area (Å²) in [5.41, 5.74) is 8.55. The Morgan fingerprint density at radius 2 is 1.95 bits per heavy atom. The fourth-order valence-corrected chi connectivity index (χ4v) is 3.51. The number of sulfonamides is 1. The molecule has 114 valence electrons. The number of aromatic nitrogens is 1. The predicted octanol–water partition coefficient (Wildman–Crippen LogP) is 2.49. The van der Waals surface area contributed by atoms with Crippen LogP contribution in [0.1, 0.15) is 30.7 Å². The second kappa shape index (κ2) is 5.77. The number of nitrogens with one attached hydrogen (secondary N) is 1. The van der Waals surface area contributed by atoms with Crippen LogP contribution in [-0.2, 0) is 22.9 Å². The van der Waals surface area contributed by atoms with Gasteiger partial charge in [0.2, 0.25) is 5.88 Å². The highest BCUT2D eigenvalue weighted by atomic mass is 32.2. The Morgan fingerprint density at radius 1 is 1.24 bits per heavy atom. The van der Waals surface area contributed by atoms with Gasteiger partial charge in [0.15, 0.2) is 0 Å². The fraction of sp³-hybridized carbons (Fsp3) is 0.357. The summed E-state index contributed by atoms with van der Waals surface area (Å²) in [7, 11) is -3.76. The SMILES string of the molecule is CCc1cc(N)c(CC)c(S(=O)(=O)Nc2cc(C)no2)c1. The summed E-state index contributed by atoms with van der Waals surface area (Å²) >= 11 is 0. The Hall–Kier alpha value is -2.02. The number of hydrogen-bond acceptors (Lipinski definition) is 5. The van der Waals surface area contributed by atoms with Crippen LogP contribution in [0.5, 0.6) is 0 Å². The van der Waals surface area contributed by atoms with E-state index in [0.29, 0.717) is 29.8 Å². The molecule has 0 radical (unpaired) electrons. The van der Waals surface area contributed by atoms with Gasteiger partial charge in [-0.2, -0.15) is 0 Å². The van der Waals surface area contributed by atoms with E-state index < -0.39 is 10.0 Å². The highest BCUT2D eigenvalue weighted by Crippen LogP contribution is 2.27. The maximum Gasteiger partial charge on any atom is 0.264 e. The molecule has 1 heterocycles. The summed E-state index contributed by atoms with van der Waals surface area (Å²) in [6, 6.07) is 4.99. The molecule has 0 amide bonds. The second-order valence-corrected chi connectivity index (χ2v) is 6.46. The third-order valence-corrected chi connectivity index (χ3v) is 4.63. The molecule has 7 heteroatoms. The van der Waals surface area contributed by atoms with Crippen LogP contribution in [0.4, 0.5) is 11.6 Å². The first-order valence-corrected chi connectivity index (χ1v) is 8.23. The van der Waals surface area contributed by atoms with E-state index in [1.807, 2.05) is 19.9 Å². The number of aryl methyl sites for hydroxylation is 2. The van der Waals surface area contributed by atoms with E-state index in [4.69, 9.17) is 10.3 Å². The van der Waals surface area contributed by atoms with Crippen LogP contribution in [0, 0.1) is 6.92 Å². The van der Waals surface area contributed by atoms with Gasteiger partial charge in [0.05, 0.1) is 10.6 Å². The zero-order valence-electron chi connectivity index (χ0n) is 12.3. The lowest BCUT2D eigenvalue weighted by Gasteiger charge is -2.13. The minimum atomic E-state index is -3.76. The number of nitrogens with two attached hydrogens (primary N) is 1. The largest absolute Gasteiger partial charge is 0.398 e. The third-order valence-electron chi connectivity index (χ3n) is 3.22. The number of rotatable bonds is 5.